The molecule has 0 aromatic heterocycles. The first-order valence-electron chi connectivity index (χ1n) is 8.90. The van der Waals surface area contributed by atoms with E-state index in [9.17, 15) is 0 Å². The molecule has 0 saturated carbocycles. The number of benzene rings is 1. The largest absolute Gasteiger partial charge is 0.383 e. The van der Waals surface area contributed by atoms with E-state index in [1.807, 2.05) is 0 Å². The van der Waals surface area contributed by atoms with Gasteiger partial charge >= 0.3 is 0 Å². The lowest BCUT2D eigenvalue weighted by Crippen LogP contribution is -2.62. The number of ether oxygens (including phenoxy) is 2. The molecule has 23 heavy (non-hydrogen) atoms. The third-order valence-electron chi connectivity index (χ3n) is 5.46. The van der Waals surface area contributed by atoms with Gasteiger partial charge in [-0.25, -0.2) is 0 Å². The van der Waals surface area contributed by atoms with Crippen molar-refractivity contribution in [2.45, 2.75) is 24.8 Å². The highest BCUT2D eigenvalue weighted by atomic mass is 16.5. The van der Waals surface area contributed by atoms with Gasteiger partial charge in [0.2, 0.25) is 0 Å². The minimum absolute atomic E-state index is 0.250. The van der Waals surface area contributed by atoms with Gasteiger partial charge in [-0.2, -0.15) is 0 Å². The van der Waals surface area contributed by atoms with Crippen molar-refractivity contribution in [3.8, 4) is 0 Å². The molecule has 0 amide bonds. The molecule has 0 bridgehead atoms. The summed E-state index contributed by atoms with van der Waals surface area (Å²) >= 11 is 0. The Morgan fingerprint density at radius 2 is 1.87 bits per heavy atom. The maximum Gasteiger partial charge on any atom is 0.0652 e. The van der Waals surface area contributed by atoms with Crippen LogP contribution in [0.15, 0.2) is 30.3 Å². The molecule has 0 radical (unpaired) electrons. The van der Waals surface area contributed by atoms with E-state index in [2.05, 4.69) is 40.1 Å². The van der Waals surface area contributed by atoms with Crippen molar-refractivity contribution in [1.29, 1.82) is 0 Å². The predicted molar refractivity (Wildman–Crippen MR) is 92.8 cm³/mol. The molecule has 1 spiro atoms. The third-order valence-corrected chi connectivity index (χ3v) is 5.46. The van der Waals surface area contributed by atoms with Gasteiger partial charge in [0.1, 0.15) is 0 Å². The molecule has 1 aromatic rings. The summed E-state index contributed by atoms with van der Waals surface area (Å²) in [5, 5.41) is 0. The summed E-state index contributed by atoms with van der Waals surface area (Å²) in [5.41, 5.74) is 1.69. The quantitative estimate of drug-likeness (QED) is 0.801. The van der Waals surface area contributed by atoms with Crippen molar-refractivity contribution in [3.63, 3.8) is 0 Å². The van der Waals surface area contributed by atoms with Gasteiger partial charge < -0.3 is 14.4 Å². The van der Waals surface area contributed by atoms with Gasteiger partial charge in [-0.05, 0) is 37.9 Å². The van der Waals surface area contributed by atoms with E-state index in [1.54, 1.807) is 7.11 Å². The Labute approximate surface area is 140 Å². The Morgan fingerprint density at radius 1 is 1.09 bits per heavy atom. The summed E-state index contributed by atoms with van der Waals surface area (Å²) in [5.74, 6) is 0. The van der Waals surface area contributed by atoms with Crippen molar-refractivity contribution >= 4 is 0 Å². The second kappa shape index (κ2) is 8.25. The molecule has 0 aliphatic carbocycles. The van der Waals surface area contributed by atoms with Crippen molar-refractivity contribution in [3.05, 3.63) is 35.9 Å². The average Bonchev–Trinajstić information content (AvgIpc) is 2.62. The van der Waals surface area contributed by atoms with E-state index in [0.717, 1.165) is 39.3 Å². The molecule has 1 aromatic carbocycles. The Bertz CT molecular complexity index is 458. The summed E-state index contributed by atoms with van der Waals surface area (Å²) in [6, 6.07) is 10.8. The maximum absolute atomic E-state index is 5.84. The number of rotatable bonds is 6. The van der Waals surface area contributed by atoms with E-state index in [-0.39, 0.29) is 5.54 Å². The Balaban J connectivity index is 1.50. The number of methoxy groups -OCH3 is 1. The zero-order chi connectivity index (χ0) is 16.0. The fraction of sp³-hybridized carbons (Fsp3) is 0.684. The number of likely N-dealkylation sites (tertiary alicyclic amines) is 1. The molecule has 0 atom stereocenters. The molecule has 2 aliphatic rings. The standard InChI is InChI=1S/C19H30N2O2/c1-22-15-13-21-14-16-23-17-19(21)8-11-20(12-9-19)10-7-18-5-3-2-4-6-18/h2-6H,7-17H2,1H3. The van der Waals surface area contributed by atoms with Crippen molar-refractivity contribution in [2.24, 2.45) is 0 Å². The van der Waals surface area contributed by atoms with E-state index in [1.165, 1.54) is 38.0 Å². The van der Waals surface area contributed by atoms with Crippen LogP contribution in [-0.2, 0) is 15.9 Å². The van der Waals surface area contributed by atoms with Gasteiger partial charge in [0.05, 0.1) is 19.8 Å². The van der Waals surface area contributed by atoms with Crippen LogP contribution >= 0.6 is 0 Å². The van der Waals surface area contributed by atoms with Crippen LogP contribution in [0.5, 0.6) is 0 Å². The van der Waals surface area contributed by atoms with Crippen LogP contribution in [0.25, 0.3) is 0 Å². The van der Waals surface area contributed by atoms with E-state index >= 15 is 0 Å². The minimum Gasteiger partial charge on any atom is -0.383 e. The van der Waals surface area contributed by atoms with Gasteiger partial charge in [0, 0.05) is 32.3 Å². The average molecular weight is 318 g/mol. The van der Waals surface area contributed by atoms with Gasteiger partial charge in [0.15, 0.2) is 0 Å². The molecular weight excluding hydrogens is 288 g/mol. The normalized spacial score (nSPS) is 22.5. The Kier molecular flexibility index (Phi) is 6.06. The summed E-state index contributed by atoms with van der Waals surface area (Å²) in [6.07, 6.45) is 3.58. The van der Waals surface area contributed by atoms with Crippen LogP contribution in [0, 0.1) is 0 Å². The van der Waals surface area contributed by atoms with E-state index in [0.29, 0.717) is 0 Å². The smallest absolute Gasteiger partial charge is 0.0652 e. The van der Waals surface area contributed by atoms with Gasteiger partial charge in [-0.15, -0.1) is 0 Å². The van der Waals surface area contributed by atoms with Crippen LogP contribution in [0.2, 0.25) is 0 Å². The highest BCUT2D eigenvalue weighted by molar-refractivity contribution is 5.15. The number of nitrogens with zero attached hydrogens (tertiary/aromatic N) is 2. The fourth-order valence-electron chi connectivity index (χ4n) is 3.90. The third kappa shape index (κ3) is 4.32. The lowest BCUT2D eigenvalue weighted by atomic mass is 9.85. The minimum atomic E-state index is 0.250. The van der Waals surface area contributed by atoms with Crippen molar-refractivity contribution in [2.75, 3.05) is 59.7 Å². The molecule has 3 rings (SSSR count). The van der Waals surface area contributed by atoms with E-state index < -0.39 is 0 Å². The molecule has 2 heterocycles. The SMILES string of the molecule is COCCN1CCOCC12CCN(CCc1ccccc1)CC2. The van der Waals surface area contributed by atoms with Crippen LogP contribution in [-0.4, -0.2) is 75.0 Å². The molecule has 2 fully saturated rings. The monoisotopic (exact) mass is 318 g/mol. The predicted octanol–water partition coefficient (Wildman–Crippen LogP) is 2.04. The van der Waals surface area contributed by atoms with Gasteiger partial charge in [-0.1, -0.05) is 30.3 Å². The summed E-state index contributed by atoms with van der Waals surface area (Å²) in [4.78, 5) is 5.23. The maximum atomic E-state index is 5.84. The van der Waals surface area contributed by atoms with Crippen LogP contribution in [0.1, 0.15) is 18.4 Å². The molecule has 0 unspecified atom stereocenters. The molecule has 128 valence electrons. The highest BCUT2D eigenvalue weighted by Gasteiger charge is 2.41. The molecule has 0 N–H and O–H groups in total. The first-order chi connectivity index (χ1) is 11.3. The second-order valence-electron chi connectivity index (χ2n) is 6.83. The summed E-state index contributed by atoms with van der Waals surface area (Å²) < 4.78 is 11.1. The number of hydrogen-bond donors (Lipinski definition) is 0. The van der Waals surface area contributed by atoms with Crippen LogP contribution in [0.3, 0.4) is 0 Å². The molecule has 4 nitrogen and oxygen atoms in total. The first kappa shape index (κ1) is 16.9. The molecule has 2 aliphatic heterocycles. The summed E-state index contributed by atoms with van der Waals surface area (Å²) in [6.45, 7) is 8.18. The van der Waals surface area contributed by atoms with Crippen molar-refractivity contribution in [1.82, 2.24) is 9.80 Å². The van der Waals surface area contributed by atoms with E-state index in [4.69, 9.17) is 9.47 Å². The number of hydrogen-bond acceptors (Lipinski definition) is 4. The zero-order valence-corrected chi connectivity index (χ0v) is 14.4. The Morgan fingerprint density at radius 3 is 2.61 bits per heavy atom. The molecule has 2 saturated heterocycles. The summed E-state index contributed by atoms with van der Waals surface area (Å²) in [7, 11) is 1.79. The van der Waals surface area contributed by atoms with Crippen LogP contribution in [0.4, 0.5) is 0 Å². The van der Waals surface area contributed by atoms with Crippen molar-refractivity contribution < 1.29 is 9.47 Å². The fourth-order valence-corrected chi connectivity index (χ4v) is 3.90. The highest BCUT2D eigenvalue weighted by Crippen LogP contribution is 2.31. The topological polar surface area (TPSA) is 24.9 Å². The zero-order valence-electron chi connectivity index (χ0n) is 14.4. The second-order valence-corrected chi connectivity index (χ2v) is 6.83. The molecule has 4 heteroatoms. The number of piperidine rings is 1. The first-order valence-corrected chi connectivity index (χ1v) is 8.90. The van der Waals surface area contributed by atoms with Gasteiger partial charge in [-0.3, -0.25) is 4.90 Å². The van der Waals surface area contributed by atoms with Gasteiger partial charge in [0.25, 0.3) is 0 Å². The van der Waals surface area contributed by atoms with Crippen LogP contribution < -0.4 is 0 Å². The Hall–Kier alpha value is -0.940. The number of morpholine rings is 1. The lowest BCUT2D eigenvalue weighted by molar-refractivity contribution is -0.0997. The molecular formula is C19H30N2O2. The lowest BCUT2D eigenvalue weighted by Gasteiger charge is -2.51.